The molecular formula is C14H20F3NO2S. The summed E-state index contributed by atoms with van der Waals surface area (Å²) < 4.78 is 41.0. The van der Waals surface area contributed by atoms with E-state index >= 15 is 0 Å². The number of ether oxygens (including phenoxy) is 1. The molecule has 0 saturated carbocycles. The molecule has 1 rings (SSSR count). The Morgan fingerprint density at radius 1 is 1.29 bits per heavy atom. The molecule has 1 aromatic rings. The number of alkyl halides is 3. The van der Waals surface area contributed by atoms with Crippen molar-refractivity contribution in [2.75, 3.05) is 25.4 Å². The number of hydrogen-bond donors (Lipinski definition) is 2. The Bertz CT molecular complexity index is 398. The third kappa shape index (κ3) is 8.85. The highest BCUT2D eigenvalue weighted by molar-refractivity contribution is 8.00. The van der Waals surface area contributed by atoms with E-state index in [9.17, 15) is 18.3 Å². The maximum absolute atomic E-state index is 11.9. The molecule has 1 unspecified atom stereocenters. The molecule has 21 heavy (non-hydrogen) atoms. The standard InChI is InChI=1S/C14H20F3NO2S/c1-2-11-3-5-13(6-4-11)20-10-12(19)9-18-7-8-21-14(15,16)17/h3-6,12,18-19H,2,7-10H2,1H3. The summed E-state index contributed by atoms with van der Waals surface area (Å²) in [4.78, 5) is 0. The summed E-state index contributed by atoms with van der Waals surface area (Å²) in [6, 6.07) is 7.57. The van der Waals surface area contributed by atoms with Gasteiger partial charge >= 0.3 is 5.51 Å². The van der Waals surface area contributed by atoms with Gasteiger partial charge in [0.2, 0.25) is 0 Å². The van der Waals surface area contributed by atoms with Gasteiger partial charge in [-0.25, -0.2) is 0 Å². The van der Waals surface area contributed by atoms with Gasteiger partial charge in [0.1, 0.15) is 18.5 Å². The topological polar surface area (TPSA) is 41.5 Å². The van der Waals surface area contributed by atoms with Crippen molar-refractivity contribution in [3.05, 3.63) is 29.8 Å². The Balaban J connectivity index is 2.11. The lowest BCUT2D eigenvalue weighted by Gasteiger charge is -2.13. The maximum atomic E-state index is 11.9. The highest BCUT2D eigenvalue weighted by Crippen LogP contribution is 2.29. The number of aryl methyl sites for hydroxylation is 1. The molecular weight excluding hydrogens is 303 g/mol. The van der Waals surface area contributed by atoms with Gasteiger partial charge in [-0.05, 0) is 35.9 Å². The second-order valence-corrected chi connectivity index (χ2v) is 5.62. The number of halogens is 3. The fourth-order valence-electron chi connectivity index (χ4n) is 1.58. The lowest BCUT2D eigenvalue weighted by atomic mass is 10.2. The van der Waals surface area contributed by atoms with Crippen molar-refractivity contribution in [2.45, 2.75) is 25.0 Å². The van der Waals surface area contributed by atoms with E-state index in [4.69, 9.17) is 4.74 Å². The van der Waals surface area contributed by atoms with Crippen LogP contribution in [-0.2, 0) is 6.42 Å². The second-order valence-electron chi connectivity index (χ2n) is 4.46. The molecule has 3 nitrogen and oxygen atoms in total. The van der Waals surface area contributed by atoms with E-state index in [-0.39, 0.29) is 37.2 Å². The van der Waals surface area contributed by atoms with Gasteiger partial charge in [-0.15, -0.1) is 0 Å². The van der Waals surface area contributed by atoms with Crippen LogP contribution in [0.25, 0.3) is 0 Å². The normalized spacial score (nSPS) is 13.2. The number of aliphatic hydroxyl groups excluding tert-OH is 1. The summed E-state index contributed by atoms with van der Waals surface area (Å²) in [5.41, 5.74) is -3.00. The quantitative estimate of drug-likeness (QED) is 0.686. The zero-order chi connectivity index (χ0) is 15.7. The van der Waals surface area contributed by atoms with Gasteiger partial charge in [0, 0.05) is 18.8 Å². The van der Waals surface area contributed by atoms with Gasteiger partial charge in [-0.1, -0.05) is 19.1 Å². The summed E-state index contributed by atoms with van der Waals surface area (Å²) in [7, 11) is 0. The first-order chi connectivity index (χ1) is 9.90. The summed E-state index contributed by atoms with van der Waals surface area (Å²) in [5, 5.41) is 12.4. The SMILES string of the molecule is CCc1ccc(OCC(O)CNCCSC(F)(F)F)cc1. The number of hydrogen-bond acceptors (Lipinski definition) is 4. The van der Waals surface area contributed by atoms with Crippen LogP contribution in [0.15, 0.2) is 24.3 Å². The number of aliphatic hydroxyl groups is 1. The van der Waals surface area contributed by atoms with Gasteiger partial charge in [0.25, 0.3) is 0 Å². The van der Waals surface area contributed by atoms with E-state index in [2.05, 4.69) is 12.2 Å². The van der Waals surface area contributed by atoms with E-state index in [1.165, 1.54) is 5.56 Å². The van der Waals surface area contributed by atoms with E-state index in [0.717, 1.165) is 6.42 Å². The molecule has 0 aliphatic heterocycles. The molecule has 120 valence electrons. The second kappa shape index (κ2) is 9.17. The van der Waals surface area contributed by atoms with Gasteiger partial charge < -0.3 is 15.2 Å². The van der Waals surface area contributed by atoms with E-state index in [1.807, 2.05) is 24.3 Å². The average Bonchev–Trinajstić information content (AvgIpc) is 2.44. The molecule has 0 spiro atoms. The molecule has 0 amide bonds. The Labute approximate surface area is 126 Å². The molecule has 2 N–H and O–H groups in total. The molecule has 1 atom stereocenters. The van der Waals surface area contributed by atoms with Crippen LogP contribution < -0.4 is 10.1 Å². The monoisotopic (exact) mass is 323 g/mol. The van der Waals surface area contributed by atoms with Gasteiger partial charge in [-0.3, -0.25) is 0 Å². The molecule has 0 bridgehead atoms. The number of rotatable bonds is 9. The van der Waals surface area contributed by atoms with Crippen LogP contribution in [-0.4, -0.2) is 42.2 Å². The Morgan fingerprint density at radius 3 is 2.52 bits per heavy atom. The zero-order valence-corrected chi connectivity index (χ0v) is 12.6. The van der Waals surface area contributed by atoms with Crippen molar-refractivity contribution < 1.29 is 23.0 Å². The van der Waals surface area contributed by atoms with Crippen LogP contribution in [0.2, 0.25) is 0 Å². The number of nitrogens with one attached hydrogen (secondary N) is 1. The van der Waals surface area contributed by atoms with Crippen molar-refractivity contribution in [1.82, 2.24) is 5.32 Å². The summed E-state index contributed by atoms with van der Waals surface area (Å²) in [6.45, 7) is 2.55. The van der Waals surface area contributed by atoms with Crippen LogP contribution >= 0.6 is 11.8 Å². The first kappa shape index (κ1) is 18.1. The zero-order valence-electron chi connectivity index (χ0n) is 11.8. The maximum Gasteiger partial charge on any atom is 0.441 e. The Morgan fingerprint density at radius 2 is 1.95 bits per heavy atom. The Hall–Kier alpha value is -0.920. The highest BCUT2D eigenvalue weighted by Gasteiger charge is 2.27. The predicted molar refractivity (Wildman–Crippen MR) is 78.7 cm³/mol. The van der Waals surface area contributed by atoms with Gasteiger partial charge in [-0.2, -0.15) is 13.2 Å². The fraction of sp³-hybridized carbons (Fsp3) is 0.571. The predicted octanol–water partition coefficient (Wildman–Crippen LogP) is 2.83. The Kier molecular flexibility index (Phi) is 7.92. The van der Waals surface area contributed by atoms with Crippen molar-refractivity contribution in [3.8, 4) is 5.75 Å². The lowest BCUT2D eigenvalue weighted by molar-refractivity contribution is -0.0327. The fourth-order valence-corrected chi connectivity index (χ4v) is 2.06. The van der Waals surface area contributed by atoms with Crippen LogP contribution in [0.3, 0.4) is 0 Å². The molecule has 0 aliphatic rings. The molecule has 0 radical (unpaired) electrons. The average molecular weight is 323 g/mol. The van der Waals surface area contributed by atoms with Gasteiger partial charge in [0.05, 0.1) is 0 Å². The van der Waals surface area contributed by atoms with Gasteiger partial charge in [0.15, 0.2) is 0 Å². The first-order valence-electron chi connectivity index (χ1n) is 6.72. The van der Waals surface area contributed by atoms with E-state index in [1.54, 1.807) is 0 Å². The highest BCUT2D eigenvalue weighted by atomic mass is 32.2. The van der Waals surface area contributed by atoms with E-state index in [0.29, 0.717) is 5.75 Å². The van der Waals surface area contributed by atoms with Crippen molar-refractivity contribution >= 4 is 11.8 Å². The smallest absolute Gasteiger partial charge is 0.441 e. The van der Waals surface area contributed by atoms with Crippen LogP contribution in [0.4, 0.5) is 13.2 Å². The minimum Gasteiger partial charge on any atom is -0.491 e. The minimum absolute atomic E-state index is 0.0739. The summed E-state index contributed by atoms with van der Waals surface area (Å²) in [6.07, 6.45) is 0.190. The van der Waals surface area contributed by atoms with Crippen LogP contribution in [0, 0.1) is 0 Å². The third-order valence-electron chi connectivity index (χ3n) is 2.70. The lowest BCUT2D eigenvalue weighted by Crippen LogP contribution is -2.32. The molecule has 7 heteroatoms. The van der Waals surface area contributed by atoms with E-state index < -0.39 is 11.6 Å². The molecule has 1 aromatic carbocycles. The summed E-state index contributed by atoms with van der Waals surface area (Å²) >= 11 is -0.0765. The third-order valence-corrected chi connectivity index (χ3v) is 3.43. The molecule has 0 fully saturated rings. The number of benzene rings is 1. The van der Waals surface area contributed by atoms with Crippen molar-refractivity contribution in [3.63, 3.8) is 0 Å². The van der Waals surface area contributed by atoms with Crippen molar-refractivity contribution in [1.29, 1.82) is 0 Å². The van der Waals surface area contributed by atoms with Crippen molar-refractivity contribution in [2.24, 2.45) is 0 Å². The summed E-state index contributed by atoms with van der Waals surface area (Å²) in [5.74, 6) is 0.592. The molecule has 0 aromatic heterocycles. The molecule has 0 heterocycles. The largest absolute Gasteiger partial charge is 0.491 e. The first-order valence-corrected chi connectivity index (χ1v) is 7.70. The van der Waals surface area contributed by atoms with Crippen LogP contribution in [0.1, 0.15) is 12.5 Å². The number of thioether (sulfide) groups is 1. The minimum atomic E-state index is -4.20. The molecule has 0 saturated heterocycles. The van der Waals surface area contributed by atoms with Crippen LogP contribution in [0.5, 0.6) is 5.75 Å². The molecule has 0 aliphatic carbocycles.